The Morgan fingerprint density at radius 1 is 1.12 bits per heavy atom. The van der Waals surface area contributed by atoms with Crippen LogP contribution in [0, 0.1) is 0 Å². The summed E-state index contributed by atoms with van der Waals surface area (Å²) in [4.78, 5) is 10.2. The molecule has 0 amide bonds. The number of aliphatic carboxylic acids is 1. The van der Waals surface area contributed by atoms with Crippen LogP contribution in [0.2, 0.25) is 0 Å². The SMILES string of the molecule is C[N+](C)=C(N)NCCCCCCCCC(=O)[O-]. The van der Waals surface area contributed by atoms with Crippen molar-refractivity contribution in [3.8, 4) is 0 Å². The van der Waals surface area contributed by atoms with Gasteiger partial charge in [0.1, 0.15) is 0 Å². The smallest absolute Gasteiger partial charge is 0.342 e. The van der Waals surface area contributed by atoms with Gasteiger partial charge in [-0.1, -0.05) is 25.7 Å². The van der Waals surface area contributed by atoms with Gasteiger partial charge in [-0.15, -0.1) is 0 Å². The van der Waals surface area contributed by atoms with Crippen molar-refractivity contribution in [2.45, 2.75) is 44.9 Å². The molecule has 0 heterocycles. The third-order valence-electron chi connectivity index (χ3n) is 2.60. The minimum atomic E-state index is -0.941. The number of guanidine groups is 1. The fraction of sp³-hybridized carbons (Fsp3) is 0.833. The molecule has 0 aliphatic heterocycles. The molecule has 100 valence electrons. The first-order chi connectivity index (χ1) is 8.04. The first kappa shape index (κ1) is 15.7. The number of nitrogens with zero attached hydrogens (tertiary/aromatic N) is 1. The van der Waals surface area contributed by atoms with E-state index in [4.69, 9.17) is 5.73 Å². The van der Waals surface area contributed by atoms with Gasteiger partial charge >= 0.3 is 5.96 Å². The number of carbonyl (C=O) groups excluding carboxylic acids is 1. The van der Waals surface area contributed by atoms with Gasteiger partial charge in [-0.3, -0.25) is 15.6 Å². The number of rotatable bonds is 9. The Kier molecular flexibility index (Phi) is 9.19. The van der Waals surface area contributed by atoms with Gasteiger partial charge in [-0.25, -0.2) is 0 Å². The minimum absolute atomic E-state index is 0.190. The molecule has 17 heavy (non-hydrogen) atoms. The predicted molar refractivity (Wildman–Crippen MR) is 66.6 cm³/mol. The van der Waals surface area contributed by atoms with E-state index in [0.29, 0.717) is 5.96 Å². The maximum atomic E-state index is 10.2. The number of carboxylic acid groups (broad SMARTS) is 1. The van der Waals surface area contributed by atoms with Crippen molar-refractivity contribution in [1.82, 2.24) is 5.32 Å². The number of carbonyl (C=O) groups is 1. The van der Waals surface area contributed by atoms with Crippen molar-refractivity contribution in [3.05, 3.63) is 0 Å². The number of carboxylic acids is 1. The Labute approximate surface area is 104 Å². The Morgan fingerprint density at radius 2 is 1.65 bits per heavy atom. The summed E-state index contributed by atoms with van der Waals surface area (Å²) in [6, 6.07) is 0. The summed E-state index contributed by atoms with van der Waals surface area (Å²) in [7, 11) is 3.80. The summed E-state index contributed by atoms with van der Waals surface area (Å²) in [5, 5.41) is 13.3. The fourth-order valence-corrected chi connectivity index (χ4v) is 1.48. The summed E-state index contributed by atoms with van der Waals surface area (Å²) in [5.74, 6) is -0.247. The highest BCUT2D eigenvalue weighted by Gasteiger charge is 1.98. The second-order valence-electron chi connectivity index (χ2n) is 4.45. The van der Waals surface area contributed by atoms with Gasteiger partial charge in [0.15, 0.2) is 0 Å². The maximum absolute atomic E-state index is 10.2. The van der Waals surface area contributed by atoms with Gasteiger partial charge < -0.3 is 9.90 Å². The van der Waals surface area contributed by atoms with E-state index >= 15 is 0 Å². The normalized spacial score (nSPS) is 10.0. The van der Waals surface area contributed by atoms with Crippen LogP contribution >= 0.6 is 0 Å². The molecule has 0 aromatic rings. The lowest BCUT2D eigenvalue weighted by atomic mass is 10.1. The topological polar surface area (TPSA) is 81.2 Å². The van der Waals surface area contributed by atoms with Gasteiger partial charge in [0, 0.05) is 5.97 Å². The van der Waals surface area contributed by atoms with E-state index < -0.39 is 5.97 Å². The van der Waals surface area contributed by atoms with Gasteiger partial charge in [-0.05, 0) is 19.3 Å². The number of unbranched alkanes of at least 4 members (excludes halogenated alkanes) is 5. The number of nitrogens with two attached hydrogens (primary N) is 1. The molecular formula is C12H25N3O2. The highest BCUT2D eigenvalue weighted by molar-refractivity contribution is 5.72. The molecule has 0 radical (unpaired) electrons. The third kappa shape index (κ3) is 11.0. The molecule has 5 heteroatoms. The van der Waals surface area contributed by atoms with E-state index in [1.54, 1.807) is 0 Å². The van der Waals surface area contributed by atoms with Crippen LogP contribution in [0.3, 0.4) is 0 Å². The van der Waals surface area contributed by atoms with Crippen LogP contribution < -0.4 is 16.2 Å². The average Bonchev–Trinajstić information content (AvgIpc) is 2.25. The van der Waals surface area contributed by atoms with Crippen molar-refractivity contribution in [2.75, 3.05) is 20.6 Å². The lowest BCUT2D eigenvalue weighted by Crippen LogP contribution is -2.38. The summed E-state index contributed by atoms with van der Waals surface area (Å²) < 4.78 is 1.85. The lowest BCUT2D eigenvalue weighted by Gasteiger charge is -2.03. The fourth-order valence-electron chi connectivity index (χ4n) is 1.48. The van der Waals surface area contributed by atoms with Gasteiger partial charge in [0.25, 0.3) is 0 Å². The molecule has 0 saturated heterocycles. The van der Waals surface area contributed by atoms with Crippen LogP contribution in [-0.4, -0.2) is 37.1 Å². The van der Waals surface area contributed by atoms with Crippen molar-refractivity contribution < 1.29 is 14.5 Å². The van der Waals surface area contributed by atoms with Crippen molar-refractivity contribution in [1.29, 1.82) is 0 Å². The Hall–Kier alpha value is -1.26. The van der Waals surface area contributed by atoms with E-state index in [9.17, 15) is 9.90 Å². The molecule has 0 aromatic carbocycles. The summed E-state index contributed by atoms with van der Waals surface area (Å²) in [5.41, 5.74) is 5.70. The molecule has 0 aromatic heterocycles. The predicted octanol–water partition coefficient (Wildman–Crippen LogP) is -0.357. The van der Waals surface area contributed by atoms with Gasteiger partial charge in [0.05, 0.1) is 20.6 Å². The highest BCUT2D eigenvalue weighted by atomic mass is 16.4. The quantitative estimate of drug-likeness (QED) is 0.251. The van der Waals surface area contributed by atoms with Crippen LogP contribution in [0.15, 0.2) is 0 Å². The molecule has 0 spiro atoms. The van der Waals surface area contributed by atoms with Crippen LogP contribution in [0.1, 0.15) is 44.9 Å². The van der Waals surface area contributed by atoms with Crippen molar-refractivity contribution >= 4 is 11.9 Å². The largest absolute Gasteiger partial charge is 0.550 e. The molecule has 5 nitrogen and oxygen atoms in total. The summed E-state index contributed by atoms with van der Waals surface area (Å²) >= 11 is 0. The zero-order valence-electron chi connectivity index (χ0n) is 11.0. The number of hydrogen-bond donors (Lipinski definition) is 2. The van der Waals surface area contributed by atoms with Crippen molar-refractivity contribution in [2.24, 2.45) is 5.73 Å². The second-order valence-corrected chi connectivity index (χ2v) is 4.45. The first-order valence-electron chi connectivity index (χ1n) is 6.27. The van der Waals surface area contributed by atoms with E-state index in [0.717, 1.165) is 45.1 Å². The zero-order chi connectivity index (χ0) is 13.1. The monoisotopic (exact) mass is 243 g/mol. The van der Waals surface area contributed by atoms with Crippen LogP contribution in [0.25, 0.3) is 0 Å². The van der Waals surface area contributed by atoms with Crippen LogP contribution in [-0.2, 0) is 4.79 Å². The number of nitrogens with one attached hydrogen (secondary N) is 1. The zero-order valence-corrected chi connectivity index (χ0v) is 11.0. The summed E-state index contributed by atoms with van der Waals surface area (Å²) in [6.07, 6.45) is 6.40. The lowest BCUT2D eigenvalue weighted by molar-refractivity contribution is -0.467. The van der Waals surface area contributed by atoms with Gasteiger partial charge in [-0.2, -0.15) is 0 Å². The molecule has 0 fully saturated rings. The standard InChI is InChI=1S/C12H25N3O2/c1-15(2)12(13)14-10-8-6-4-3-5-7-9-11(16)17/h3-10H2,1-2H3,(H3,13,14,16,17). The highest BCUT2D eigenvalue weighted by Crippen LogP contribution is 2.06. The maximum Gasteiger partial charge on any atom is 0.342 e. The van der Waals surface area contributed by atoms with Crippen molar-refractivity contribution in [3.63, 3.8) is 0 Å². The molecule has 0 unspecified atom stereocenters. The van der Waals surface area contributed by atoms with E-state index in [1.165, 1.54) is 0 Å². The molecule has 0 aliphatic carbocycles. The average molecular weight is 243 g/mol. The molecule has 0 atom stereocenters. The van der Waals surface area contributed by atoms with Crippen LogP contribution in [0.5, 0.6) is 0 Å². The number of hydrogen-bond acceptors (Lipinski definition) is 2. The Morgan fingerprint density at radius 3 is 2.18 bits per heavy atom. The Balaban J connectivity index is 3.19. The van der Waals surface area contributed by atoms with Crippen LogP contribution in [0.4, 0.5) is 0 Å². The molecule has 0 saturated carbocycles. The molecule has 0 aliphatic rings. The van der Waals surface area contributed by atoms with E-state index in [-0.39, 0.29) is 6.42 Å². The molecular weight excluding hydrogens is 218 g/mol. The van der Waals surface area contributed by atoms with E-state index in [2.05, 4.69) is 5.32 Å². The van der Waals surface area contributed by atoms with Gasteiger partial charge in [0.2, 0.25) is 0 Å². The first-order valence-corrected chi connectivity index (χ1v) is 6.27. The molecule has 0 bridgehead atoms. The molecule has 0 rings (SSSR count). The van der Waals surface area contributed by atoms with E-state index in [1.807, 2.05) is 18.7 Å². The third-order valence-corrected chi connectivity index (χ3v) is 2.60. The minimum Gasteiger partial charge on any atom is -0.550 e. The second kappa shape index (κ2) is 9.93. The molecule has 3 N–H and O–H groups in total. The Bertz CT molecular complexity index is 248. The summed E-state index contributed by atoms with van der Waals surface area (Å²) in [6.45, 7) is 0.892.